The van der Waals surface area contributed by atoms with Gasteiger partial charge in [-0.1, -0.05) is 0 Å². The van der Waals surface area contributed by atoms with Crippen molar-refractivity contribution in [3.8, 4) is 16.1 Å². The van der Waals surface area contributed by atoms with Crippen molar-refractivity contribution in [3.05, 3.63) is 24.3 Å². The molecule has 0 N–H and O–H groups in total. The summed E-state index contributed by atoms with van der Waals surface area (Å²) in [6.07, 6.45) is 0. The molecule has 0 aliphatic heterocycles. The van der Waals surface area contributed by atoms with Crippen LogP contribution in [0.5, 0.6) is 5.75 Å². The van der Waals surface area contributed by atoms with Gasteiger partial charge in [0.25, 0.3) is 0 Å². The quantitative estimate of drug-likeness (QED) is 0.560. The Kier molecular flexibility index (Phi) is 7.07. The minimum atomic E-state index is -1.57. The van der Waals surface area contributed by atoms with Crippen LogP contribution in [0, 0.1) is 10.4 Å². The van der Waals surface area contributed by atoms with Gasteiger partial charge in [0.1, 0.15) is 0 Å². The van der Waals surface area contributed by atoms with Crippen LogP contribution >= 0.6 is 0 Å². The maximum atomic E-state index is 5.20. The van der Waals surface area contributed by atoms with Crippen LogP contribution in [0.3, 0.4) is 0 Å². The Hall–Kier alpha value is -0.684. The molecule has 0 saturated heterocycles. The Labute approximate surface area is 138 Å². The topological polar surface area (TPSA) is 9.23 Å². The Balaban J connectivity index is 2.94. The molecule has 116 valence electrons. The summed E-state index contributed by atoms with van der Waals surface area (Å²) in [5.74, 6) is 0.915. The molecule has 3 heteroatoms. The van der Waals surface area contributed by atoms with Crippen molar-refractivity contribution in [2.45, 2.75) is 58.2 Å². The van der Waals surface area contributed by atoms with Gasteiger partial charge in [-0.2, -0.15) is 0 Å². The third-order valence-corrected chi connectivity index (χ3v) is 12.6. The summed E-state index contributed by atoms with van der Waals surface area (Å²) in [5, 5.41) is 0. The summed E-state index contributed by atoms with van der Waals surface area (Å²) in [5.41, 5.74) is 5.91. The van der Waals surface area contributed by atoms with Gasteiger partial charge in [0.05, 0.1) is 0 Å². The molecule has 0 saturated carbocycles. The van der Waals surface area contributed by atoms with Crippen LogP contribution in [0.4, 0.5) is 0 Å². The van der Waals surface area contributed by atoms with Crippen molar-refractivity contribution in [2.24, 2.45) is 0 Å². The van der Waals surface area contributed by atoms with Crippen molar-refractivity contribution >= 4 is 27.5 Å². The normalized spacial score (nSPS) is 11.7. The van der Waals surface area contributed by atoms with Gasteiger partial charge in [-0.3, -0.25) is 0 Å². The predicted octanol–water partition coefficient (Wildman–Crippen LogP) is 4.20. The Morgan fingerprint density at radius 2 is 1.38 bits per heavy atom. The first-order chi connectivity index (χ1) is 9.84. The molecule has 0 heterocycles. The molecule has 0 aliphatic rings. The second-order valence-electron chi connectivity index (χ2n) is 6.40. The minimum absolute atomic E-state index is 0.239. The number of hydrogen-bond acceptors (Lipinski definition) is 1. The molecular formula is C18H28OSeSi. The van der Waals surface area contributed by atoms with Crippen LogP contribution < -0.4 is 9.20 Å². The average Bonchev–Trinajstić information content (AvgIpc) is 2.43. The first-order valence-electron chi connectivity index (χ1n) is 7.67. The van der Waals surface area contributed by atoms with Crippen LogP contribution in [-0.2, 0) is 0 Å². The fourth-order valence-corrected chi connectivity index (χ4v) is 10.6. The molecule has 1 aromatic carbocycles. The van der Waals surface area contributed by atoms with E-state index in [0.29, 0.717) is 16.6 Å². The number of hydrogen-bond donors (Lipinski definition) is 0. The first kappa shape index (κ1) is 18.4. The number of benzene rings is 1. The Morgan fingerprint density at radius 3 is 1.76 bits per heavy atom. The summed E-state index contributed by atoms with van der Waals surface area (Å²) in [4.78, 5) is 3.56. The van der Waals surface area contributed by atoms with Gasteiger partial charge in [-0.25, -0.2) is 0 Å². The molecule has 0 aliphatic carbocycles. The molecular weight excluding hydrogens is 339 g/mol. The molecule has 1 aromatic rings. The third kappa shape index (κ3) is 4.39. The van der Waals surface area contributed by atoms with E-state index in [9.17, 15) is 0 Å². The molecule has 1 rings (SSSR count). The van der Waals surface area contributed by atoms with E-state index >= 15 is 0 Å². The van der Waals surface area contributed by atoms with E-state index in [1.165, 1.54) is 4.46 Å². The van der Waals surface area contributed by atoms with E-state index < -0.39 is 8.07 Å². The fraction of sp³-hybridized carbons (Fsp3) is 0.556. The van der Waals surface area contributed by atoms with Gasteiger partial charge in [0, 0.05) is 0 Å². The number of ether oxygens (including phenoxy) is 1. The molecule has 0 atom stereocenters. The third-order valence-electron chi connectivity index (χ3n) is 4.36. The molecule has 1 nitrogen and oxygen atoms in total. The predicted molar refractivity (Wildman–Crippen MR) is 97.2 cm³/mol. The van der Waals surface area contributed by atoms with E-state index in [1.807, 2.05) is 12.1 Å². The summed E-state index contributed by atoms with van der Waals surface area (Å²) in [6, 6.07) is 8.32. The van der Waals surface area contributed by atoms with Gasteiger partial charge in [-0.05, 0) is 0 Å². The zero-order valence-electron chi connectivity index (χ0n) is 14.4. The van der Waals surface area contributed by atoms with E-state index in [0.717, 1.165) is 5.75 Å². The fourth-order valence-electron chi connectivity index (χ4n) is 3.25. The van der Waals surface area contributed by atoms with E-state index in [2.05, 4.69) is 64.0 Å². The average molecular weight is 367 g/mol. The first-order valence-corrected chi connectivity index (χ1v) is 11.6. The van der Waals surface area contributed by atoms with Crippen molar-refractivity contribution in [1.82, 2.24) is 0 Å². The molecule has 0 amide bonds. The van der Waals surface area contributed by atoms with Gasteiger partial charge < -0.3 is 0 Å². The van der Waals surface area contributed by atoms with E-state index in [1.54, 1.807) is 7.11 Å². The van der Waals surface area contributed by atoms with Crippen molar-refractivity contribution in [3.63, 3.8) is 0 Å². The van der Waals surface area contributed by atoms with Crippen LogP contribution in [0.15, 0.2) is 24.3 Å². The van der Waals surface area contributed by atoms with Crippen LogP contribution in [0.1, 0.15) is 41.5 Å². The van der Waals surface area contributed by atoms with E-state index in [4.69, 9.17) is 4.74 Å². The van der Waals surface area contributed by atoms with Gasteiger partial charge >= 0.3 is 138 Å². The summed E-state index contributed by atoms with van der Waals surface area (Å²) in [7, 11) is 0.133. The molecule has 0 aromatic heterocycles. The van der Waals surface area contributed by atoms with Gasteiger partial charge in [-0.15, -0.1) is 0 Å². The Morgan fingerprint density at radius 1 is 0.905 bits per heavy atom. The second kappa shape index (κ2) is 8.08. The summed E-state index contributed by atoms with van der Waals surface area (Å²) < 4.78 is 6.53. The standard InChI is InChI=1S/C18H28OSeSi/c1-14(2)21(15(3)4,16(5)6)13-12-20-18-10-8-17(19-7)9-11-18/h8-11,14-16H,1-7H3. The molecule has 0 radical (unpaired) electrons. The van der Waals surface area contributed by atoms with E-state index in [-0.39, 0.29) is 15.0 Å². The van der Waals surface area contributed by atoms with Gasteiger partial charge in [0.15, 0.2) is 0 Å². The van der Waals surface area contributed by atoms with Crippen molar-refractivity contribution in [2.75, 3.05) is 7.11 Å². The molecule has 0 unspecified atom stereocenters. The summed E-state index contributed by atoms with van der Waals surface area (Å²) in [6.45, 7) is 14.2. The van der Waals surface area contributed by atoms with Gasteiger partial charge in [0.2, 0.25) is 0 Å². The maximum absolute atomic E-state index is 5.20. The second-order valence-corrected chi connectivity index (χ2v) is 13.8. The molecule has 21 heavy (non-hydrogen) atoms. The number of methoxy groups -OCH3 is 1. The molecule has 0 bridgehead atoms. The Bertz CT molecular complexity index is 472. The molecule has 0 fully saturated rings. The van der Waals surface area contributed by atoms with Crippen molar-refractivity contribution < 1.29 is 4.74 Å². The molecule has 0 spiro atoms. The van der Waals surface area contributed by atoms with Crippen LogP contribution in [0.2, 0.25) is 16.6 Å². The monoisotopic (exact) mass is 368 g/mol. The number of rotatable bonds is 5. The van der Waals surface area contributed by atoms with Crippen molar-refractivity contribution in [1.29, 1.82) is 0 Å². The van der Waals surface area contributed by atoms with Crippen LogP contribution in [-0.4, -0.2) is 30.1 Å². The SMILES string of the molecule is COc1ccc([Se]C#C[Si](C(C)C)(C(C)C)C(C)C)cc1. The summed E-state index contributed by atoms with van der Waals surface area (Å²) >= 11 is 0.239. The zero-order chi connectivity index (χ0) is 16.0. The van der Waals surface area contributed by atoms with Crippen LogP contribution in [0.25, 0.3) is 0 Å². The zero-order valence-corrected chi connectivity index (χ0v) is 17.1.